The van der Waals surface area contributed by atoms with E-state index in [2.05, 4.69) is 20.8 Å². The summed E-state index contributed by atoms with van der Waals surface area (Å²) in [5.41, 5.74) is 1.67. The van der Waals surface area contributed by atoms with Gasteiger partial charge in [-0.3, -0.25) is 4.79 Å². The number of halogens is 1. The summed E-state index contributed by atoms with van der Waals surface area (Å²) in [6.45, 7) is 4.47. The first-order chi connectivity index (χ1) is 9.72. The van der Waals surface area contributed by atoms with Gasteiger partial charge in [0.25, 0.3) is 11.6 Å². The number of nitrogens with one attached hydrogen (secondary N) is 2. The molecule has 8 heteroatoms. The zero-order valence-electron chi connectivity index (χ0n) is 12.0. The van der Waals surface area contributed by atoms with E-state index < -0.39 is 0 Å². The highest BCUT2D eigenvalue weighted by molar-refractivity contribution is 5.96. The first-order valence-corrected chi connectivity index (χ1v) is 6.42. The molecule has 0 bridgehead atoms. The zero-order valence-corrected chi connectivity index (χ0v) is 12.8. The molecule has 0 fully saturated rings. The molecule has 7 nitrogen and oxygen atoms in total. The van der Waals surface area contributed by atoms with Crippen molar-refractivity contribution in [1.29, 1.82) is 0 Å². The second-order valence-electron chi connectivity index (χ2n) is 4.34. The van der Waals surface area contributed by atoms with E-state index >= 15 is 0 Å². The van der Waals surface area contributed by atoms with Gasteiger partial charge in [-0.1, -0.05) is 5.16 Å². The fourth-order valence-electron chi connectivity index (χ4n) is 1.73. The van der Waals surface area contributed by atoms with Crippen LogP contribution in [0.2, 0.25) is 0 Å². The monoisotopic (exact) mass is 314 g/mol. The molecule has 0 aliphatic heterocycles. The predicted octanol–water partition coefficient (Wildman–Crippen LogP) is 0.919. The summed E-state index contributed by atoms with van der Waals surface area (Å²) in [6, 6.07) is 1.74. The van der Waals surface area contributed by atoms with Crippen molar-refractivity contribution in [3.63, 3.8) is 0 Å². The van der Waals surface area contributed by atoms with Gasteiger partial charge < -0.3 is 19.9 Å². The topological polar surface area (TPSA) is 89.3 Å². The number of ether oxygens (including phenoxy) is 1. The SMILES string of the molecule is COCCNCCNC(=O)c1cnc2onc(C)c2c1.Cl. The molecule has 0 saturated carbocycles. The van der Waals surface area contributed by atoms with Crippen LogP contribution in [0.25, 0.3) is 11.1 Å². The summed E-state index contributed by atoms with van der Waals surface area (Å²) in [6.07, 6.45) is 1.49. The number of fused-ring (bicyclic) bond motifs is 1. The molecule has 116 valence electrons. The van der Waals surface area contributed by atoms with E-state index in [4.69, 9.17) is 9.26 Å². The van der Waals surface area contributed by atoms with Crippen molar-refractivity contribution >= 4 is 29.4 Å². The van der Waals surface area contributed by atoms with Gasteiger partial charge in [0.1, 0.15) is 0 Å². The summed E-state index contributed by atoms with van der Waals surface area (Å²) in [5, 5.41) is 10.5. The quantitative estimate of drug-likeness (QED) is 0.739. The van der Waals surface area contributed by atoms with Crippen LogP contribution in [0.1, 0.15) is 16.1 Å². The fraction of sp³-hybridized carbons (Fsp3) is 0.462. The Hall–Kier alpha value is -1.70. The molecule has 0 aromatic carbocycles. The number of methoxy groups -OCH3 is 1. The Morgan fingerprint density at radius 3 is 2.95 bits per heavy atom. The molecule has 2 rings (SSSR count). The number of hydrogen-bond donors (Lipinski definition) is 2. The van der Waals surface area contributed by atoms with Crippen LogP contribution in [0.4, 0.5) is 0 Å². The van der Waals surface area contributed by atoms with Crippen LogP contribution in [-0.2, 0) is 4.74 Å². The second-order valence-corrected chi connectivity index (χ2v) is 4.34. The second kappa shape index (κ2) is 8.56. The molecule has 0 saturated heterocycles. The number of carbonyl (C=O) groups excluding carboxylic acids is 1. The van der Waals surface area contributed by atoms with Crippen molar-refractivity contribution in [2.24, 2.45) is 0 Å². The number of rotatable bonds is 7. The summed E-state index contributed by atoms with van der Waals surface area (Å²) in [7, 11) is 1.65. The Balaban J connectivity index is 0.00000220. The van der Waals surface area contributed by atoms with Gasteiger partial charge in [-0.05, 0) is 13.0 Å². The number of hydrogen-bond acceptors (Lipinski definition) is 6. The summed E-state index contributed by atoms with van der Waals surface area (Å²) < 4.78 is 9.92. The molecule has 0 atom stereocenters. The van der Waals surface area contributed by atoms with Crippen molar-refractivity contribution in [2.75, 3.05) is 33.4 Å². The van der Waals surface area contributed by atoms with Crippen LogP contribution < -0.4 is 10.6 Å². The van der Waals surface area contributed by atoms with Crippen LogP contribution in [-0.4, -0.2) is 49.4 Å². The van der Waals surface area contributed by atoms with Gasteiger partial charge in [0.05, 0.1) is 23.3 Å². The van der Waals surface area contributed by atoms with Crippen LogP contribution >= 0.6 is 12.4 Å². The third kappa shape index (κ3) is 4.66. The number of nitrogens with zero attached hydrogens (tertiary/aromatic N) is 2. The fourth-order valence-corrected chi connectivity index (χ4v) is 1.73. The third-order valence-electron chi connectivity index (χ3n) is 2.84. The maximum atomic E-state index is 12.0. The maximum absolute atomic E-state index is 12.0. The van der Waals surface area contributed by atoms with E-state index in [0.29, 0.717) is 31.0 Å². The lowest BCUT2D eigenvalue weighted by atomic mass is 10.2. The number of pyridine rings is 1. The molecule has 1 amide bonds. The van der Waals surface area contributed by atoms with Crippen molar-refractivity contribution in [3.8, 4) is 0 Å². The first-order valence-electron chi connectivity index (χ1n) is 6.42. The lowest BCUT2D eigenvalue weighted by molar-refractivity contribution is 0.0953. The molecule has 2 heterocycles. The summed E-state index contributed by atoms with van der Waals surface area (Å²) in [5.74, 6) is -0.159. The Morgan fingerprint density at radius 2 is 2.19 bits per heavy atom. The van der Waals surface area contributed by atoms with Crippen molar-refractivity contribution in [2.45, 2.75) is 6.92 Å². The van der Waals surface area contributed by atoms with Gasteiger partial charge in [0.2, 0.25) is 0 Å². The molecule has 0 spiro atoms. The standard InChI is InChI=1S/C13H18N4O3.ClH/c1-9-11-7-10(8-16-13(11)20-17-9)12(18)15-4-3-14-5-6-19-2;/h7-8,14H,3-6H2,1-2H3,(H,15,18);1H. The normalized spacial score (nSPS) is 10.4. The molecule has 0 aliphatic rings. The van der Waals surface area contributed by atoms with Crippen LogP contribution in [0, 0.1) is 6.92 Å². The van der Waals surface area contributed by atoms with E-state index in [1.54, 1.807) is 13.2 Å². The Bertz CT molecular complexity index is 588. The Labute approximate surface area is 128 Å². The smallest absolute Gasteiger partial charge is 0.257 e. The van der Waals surface area contributed by atoms with Gasteiger partial charge >= 0.3 is 0 Å². The number of amides is 1. The molecule has 0 radical (unpaired) electrons. The molecule has 2 aromatic heterocycles. The molecule has 2 aromatic rings. The predicted molar refractivity (Wildman–Crippen MR) is 80.9 cm³/mol. The zero-order chi connectivity index (χ0) is 14.4. The molecular formula is C13H19ClN4O3. The van der Waals surface area contributed by atoms with Crippen LogP contribution in [0.3, 0.4) is 0 Å². The summed E-state index contributed by atoms with van der Waals surface area (Å²) in [4.78, 5) is 16.0. The average molecular weight is 315 g/mol. The highest BCUT2D eigenvalue weighted by Crippen LogP contribution is 2.16. The van der Waals surface area contributed by atoms with Gasteiger partial charge in [-0.2, -0.15) is 0 Å². The van der Waals surface area contributed by atoms with Crippen molar-refractivity contribution in [3.05, 3.63) is 23.5 Å². The number of carbonyl (C=O) groups is 1. The first kappa shape index (κ1) is 17.4. The van der Waals surface area contributed by atoms with Gasteiger partial charge in [0, 0.05) is 32.9 Å². The van der Waals surface area contributed by atoms with E-state index in [-0.39, 0.29) is 18.3 Å². The number of aryl methyl sites for hydroxylation is 1. The van der Waals surface area contributed by atoms with E-state index in [0.717, 1.165) is 17.6 Å². The van der Waals surface area contributed by atoms with E-state index in [9.17, 15) is 4.79 Å². The van der Waals surface area contributed by atoms with Gasteiger partial charge in [-0.15, -0.1) is 12.4 Å². The third-order valence-corrected chi connectivity index (χ3v) is 2.84. The Morgan fingerprint density at radius 1 is 1.38 bits per heavy atom. The van der Waals surface area contributed by atoms with Gasteiger partial charge in [-0.25, -0.2) is 4.98 Å². The van der Waals surface area contributed by atoms with Crippen molar-refractivity contribution < 1.29 is 14.1 Å². The molecule has 0 unspecified atom stereocenters. The Kier molecular flexibility index (Phi) is 7.07. The highest BCUT2D eigenvalue weighted by atomic mass is 35.5. The minimum atomic E-state index is -0.159. The van der Waals surface area contributed by atoms with E-state index in [1.807, 2.05) is 6.92 Å². The minimum absolute atomic E-state index is 0. The highest BCUT2D eigenvalue weighted by Gasteiger charge is 2.10. The van der Waals surface area contributed by atoms with E-state index in [1.165, 1.54) is 6.20 Å². The number of aromatic nitrogens is 2. The largest absolute Gasteiger partial charge is 0.383 e. The summed E-state index contributed by atoms with van der Waals surface area (Å²) >= 11 is 0. The molecule has 0 aliphatic carbocycles. The lowest BCUT2D eigenvalue weighted by Gasteiger charge is -2.06. The lowest BCUT2D eigenvalue weighted by Crippen LogP contribution is -2.33. The molecular weight excluding hydrogens is 296 g/mol. The molecule has 21 heavy (non-hydrogen) atoms. The van der Waals surface area contributed by atoms with Gasteiger partial charge in [0.15, 0.2) is 0 Å². The van der Waals surface area contributed by atoms with Crippen molar-refractivity contribution in [1.82, 2.24) is 20.8 Å². The minimum Gasteiger partial charge on any atom is -0.383 e. The molecule has 2 N–H and O–H groups in total. The van der Waals surface area contributed by atoms with Crippen LogP contribution in [0.15, 0.2) is 16.8 Å². The average Bonchev–Trinajstić information content (AvgIpc) is 2.83. The maximum Gasteiger partial charge on any atom is 0.257 e. The van der Waals surface area contributed by atoms with Crippen LogP contribution in [0.5, 0.6) is 0 Å².